The summed E-state index contributed by atoms with van der Waals surface area (Å²) in [7, 11) is 0. The van der Waals surface area contributed by atoms with Crippen molar-refractivity contribution in [3.63, 3.8) is 0 Å². The molecular formula is C33H52FNO2. The molecule has 0 aliphatic heterocycles. The van der Waals surface area contributed by atoms with E-state index in [0.29, 0.717) is 30.2 Å². The van der Waals surface area contributed by atoms with Crippen LogP contribution in [0.1, 0.15) is 129 Å². The lowest BCUT2D eigenvalue weighted by Crippen LogP contribution is -1.99. The molecule has 0 spiro atoms. The first-order valence-corrected chi connectivity index (χ1v) is 15.3. The first-order valence-electron chi connectivity index (χ1n) is 15.3. The SMILES string of the molecule is CCCCCCCCCCCCOc1ccc(-c2ccc(OCCCCCCCCCC)cc2F)nc1. The molecule has 37 heavy (non-hydrogen) atoms. The van der Waals surface area contributed by atoms with E-state index < -0.39 is 0 Å². The van der Waals surface area contributed by atoms with Crippen molar-refractivity contribution in [2.45, 2.75) is 129 Å². The molecule has 208 valence electrons. The van der Waals surface area contributed by atoms with Crippen molar-refractivity contribution in [2.24, 2.45) is 0 Å². The van der Waals surface area contributed by atoms with Gasteiger partial charge in [-0.1, -0.05) is 117 Å². The van der Waals surface area contributed by atoms with Crippen LogP contribution in [0.15, 0.2) is 36.5 Å². The summed E-state index contributed by atoms with van der Waals surface area (Å²) in [6, 6.07) is 8.76. The molecule has 4 heteroatoms. The van der Waals surface area contributed by atoms with Gasteiger partial charge in [0.2, 0.25) is 0 Å². The normalized spacial score (nSPS) is 11.1. The lowest BCUT2D eigenvalue weighted by molar-refractivity contribution is 0.302. The van der Waals surface area contributed by atoms with Crippen LogP contribution in [0.5, 0.6) is 11.5 Å². The van der Waals surface area contributed by atoms with Crippen molar-refractivity contribution in [1.29, 1.82) is 0 Å². The van der Waals surface area contributed by atoms with Gasteiger partial charge in [-0.05, 0) is 37.1 Å². The Balaban J connectivity index is 1.59. The Morgan fingerprint density at radius 2 is 1.03 bits per heavy atom. The molecule has 0 atom stereocenters. The van der Waals surface area contributed by atoms with Gasteiger partial charge in [0.05, 0.1) is 25.1 Å². The predicted octanol–water partition coefficient (Wildman–Crippen LogP) is 10.7. The van der Waals surface area contributed by atoms with Crippen LogP contribution < -0.4 is 9.47 Å². The van der Waals surface area contributed by atoms with Crippen LogP contribution in [0.2, 0.25) is 0 Å². The summed E-state index contributed by atoms with van der Waals surface area (Å²) < 4.78 is 26.3. The molecule has 0 bridgehead atoms. The minimum atomic E-state index is -0.306. The van der Waals surface area contributed by atoms with Crippen LogP contribution >= 0.6 is 0 Å². The second-order valence-electron chi connectivity index (χ2n) is 10.4. The number of aromatic nitrogens is 1. The Morgan fingerprint density at radius 1 is 0.568 bits per heavy atom. The molecule has 1 heterocycles. The van der Waals surface area contributed by atoms with E-state index in [9.17, 15) is 4.39 Å². The molecule has 3 nitrogen and oxygen atoms in total. The maximum Gasteiger partial charge on any atom is 0.137 e. The lowest BCUT2D eigenvalue weighted by atomic mass is 10.1. The van der Waals surface area contributed by atoms with E-state index in [4.69, 9.17) is 9.47 Å². The molecule has 0 N–H and O–H groups in total. The van der Waals surface area contributed by atoms with Gasteiger partial charge in [-0.15, -0.1) is 0 Å². The molecule has 1 aromatic heterocycles. The zero-order valence-corrected chi connectivity index (χ0v) is 23.7. The third-order valence-corrected chi connectivity index (χ3v) is 6.99. The third kappa shape index (κ3) is 14.4. The van der Waals surface area contributed by atoms with E-state index in [1.807, 2.05) is 18.2 Å². The fourth-order valence-corrected chi connectivity index (χ4v) is 4.62. The van der Waals surface area contributed by atoms with Crippen LogP contribution in [-0.4, -0.2) is 18.2 Å². The van der Waals surface area contributed by atoms with E-state index >= 15 is 0 Å². The predicted molar refractivity (Wildman–Crippen MR) is 155 cm³/mol. The van der Waals surface area contributed by atoms with E-state index in [1.165, 1.54) is 109 Å². The molecular weight excluding hydrogens is 461 g/mol. The maximum atomic E-state index is 14.7. The summed E-state index contributed by atoms with van der Waals surface area (Å²) in [6.07, 6.45) is 24.9. The number of halogens is 1. The van der Waals surface area contributed by atoms with E-state index in [-0.39, 0.29) is 5.82 Å². The Hall–Kier alpha value is -2.10. The van der Waals surface area contributed by atoms with Crippen LogP contribution in [-0.2, 0) is 0 Å². The second kappa shape index (κ2) is 20.9. The monoisotopic (exact) mass is 513 g/mol. The summed E-state index contributed by atoms with van der Waals surface area (Å²) in [4.78, 5) is 4.43. The maximum absolute atomic E-state index is 14.7. The number of ether oxygens (including phenoxy) is 2. The minimum Gasteiger partial charge on any atom is -0.493 e. The molecule has 0 amide bonds. The summed E-state index contributed by atoms with van der Waals surface area (Å²) in [5, 5.41) is 0. The van der Waals surface area contributed by atoms with Crippen molar-refractivity contribution in [1.82, 2.24) is 4.98 Å². The topological polar surface area (TPSA) is 31.4 Å². The van der Waals surface area contributed by atoms with Crippen molar-refractivity contribution in [2.75, 3.05) is 13.2 Å². The largest absolute Gasteiger partial charge is 0.493 e. The van der Waals surface area contributed by atoms with Crippen molar-refractivity contribution >= 4 is 0 Å². The highest BCUT2D eigenvalue weighted by Crippen LogP contribution is 2.26. The average Bonchev–Trinajstić information content (AvgIpc) is 2.91. The number of hydrogen-bond donors (Lipinski definition) is 0. The zero-order valence-electron chi connectivity index (χ0n) is 23.7. The molecule has 1 aromatic carbocycles. The fourth-order valence-electron chi connectivity index (χ4n) is 4.62. The van der Waals surface area contributed by atoms with E-state index in [2.05, 4.69) is 18.8 Å². The first-order chi connectivity index (χ1) is 18.2. The standard InChI is InChI=1S/C33H52FNO2/c1-3-5-7-9-11-13-14-16-18-20-26-37-30-22-24-33(35-28-30)31-23-21-29(27-32(31)34)36-25-19-17-15-12-10-8-6-4-2/h21-24,27-28H,3-20,25-26H2,1-2H3. The quantitative estimate of drug-likeness (QED) is 0.138. The molecule has 0 radical (unpaired) electrons. The Kier molecular flexibility index (Phi) is 17.6. The third-order valence-electron chi connectivity index (χ3n) is 6.99. The molecule has 2 rings (SSSR count). The van der Waals surface area contributed by atoms with E-state index in [0.717, 1.165) is 18.6 Å². The van der Waals surface area contributed by atoms with Gasteiger partial charge >= 0.3 is 0 Å². The molecule has 0 saturated heterocycles. The van der Waals surface area contributed by atoms with Crippen LogP contribution in [0.3, 0.4) is 0 Å². The molecule has 0 unspecified atom stereocenters. The minimum absolute atomic E-state index is 0.306. The summed E-state index contributed by atoms with van der Waals surface area (Å²) in [5.41, 5.74) is 1.10. The van der Waals surface area contributed by atoms with Crippen molar-refractivity contribution in [3.05, 3.63) is 42.3 Å². The number of hydrogen-bond acceptors (Lipinski definition) is 3. The molecule has 0 aliphatic rings. The number of rotatable bonds is 23. The van der Waals surface area contributed by atoms with Crippen LogP contribution in [0.25, 0.3) is 11.3 Å². The Labute approximate surface area is 226 Å². The van der Waals surface area contributed by atoms with Gasteiger partial charge in [0.15, 0.2) is 0 Å². The Morgan fingerprint density at radius 3 is 1.49 bits per heavy atom. The summed E-state index contributed by atoms with van der Waals surface area (Å²) in [5.74, 6) is 1.02. The molecule has 0 fully saturated rings. The zero-order chi connectivity index (χ0) is 26.4. The van der Waals surface area contributed by atoms with Gasteiger partial charge in [-0.3, -0.25) is 4.98 Å². The average molecular weight is 514 g/mol. The highest BCUT2D eigenvalue weighted by Gasteiger charge is 2.09. The first kappa shape index (κ1) is 31.1. The highest BCUT2D eigenvalue weighted by atomic mass is 19.1. The van der Waals surface area contributed by atoms with Crippen LogP contribution in [0, 0.1) is 5.82 Å². The number of benzene rings is 1. The van der Waals surface area contributed by atoms with Gasteiger partial charge in [0.1, 0.15) is 17.3 Å². The van der Waals surface area contributed by atoms with Gasteiger partial charge < -0.3 is 9.47 Å². The summed E-state index contributed by atoms with van der Waals surface area (Å²) >= 11 is 0. The van der Waals surface area contributed by atoms with Gasteiger partial charge in [0, 0.05) is 11.6 Å². The number of nitrogens with zero attached hydrogens (tertiary/aromatic N) is 1. The lowest BCUT2D eigenvalue weighted by Gasteiger charge is -2.10. The number of pyridine rings is 1. The fraction of sp³-hybridized carbons (Fsp3) is 0.667. The second-order valence-corrected chi connectivity index (χ2v) is 10.4. The number of unbranched alkanes of at least 4 members (excludes halogenated alkanes) is 16. The van der Waals surface area contributed by atoms with Gasteiger partial charge in [-0.2, -0.15) is 0 Å². The molecule has 0 saturated carbocycles. The van der Waals surface area contributed by atoms with Crippen molar-refractivity contribution in [3.8, 4) is 22.8 Å². The summed E-state index contributed by atoms with van der Waals surface area (Å²) in [6.45, 7) is 5.85. The molecule has 0 aliphatic carbocycles. The highest BCUT2D eigenvalue weighted by molar-refractivity contribution is 5.61. The van der Waals surface area contributed by atoms with Gasteiger partial charge in [-0.25, -0.2) is 4.39 Å². The van der Waals surface area contributed by atoms with E-state index in [1.54, 1.807) is 12.3 Å². The van der Waals surface area contributed by atoms with Crippen molar-refractivity contribution < 1.29 is 13.9 Å². The Bertz CT molecular complexity index is 808. The van der Waals surface area contributed by atoms with Gasteiger partial charge in [0.25, 0.3) is 0 Å². The smallest absolute Gasteiger partial charge is 0.137 e. The van der Waals surface area contributed by atoms with Crippen LogP contribution in [0.4, 0.5) is 4.39 Å². The molecule has 2 aromatic rings.